The van der Waals surface area contributed by atoms with Gasteiger partial charge in [0, 0.05) is 25.6 Å². The summed E-state index contributed by atoms with van der Waals surface area (Å²) in [4.78, 5) is 13.9. The molecule has 4 nitrogen and oxygen atoms in total. The minimum atomic E-state index is -0.0828. The molecule has 0 atom stereocenters. The van der Waals surface area contributed by atoms with Crippen LogP contribution in [-0.4, -0.2) is 48.7 Å². The van der Waals surface area contributed by atoms with Gasteiger partial charge in [-0.15, -0.1) is 0 Å². The van der Waals surface area contributed by atoms with Gasteiger partial charge in [0.15, 0.2) is 0 Å². The molecule has 17 heavy (non-hydrogen) atoms. The fraction of sp³-hybridized carbons (Fsp3) is 0.923. The minimum Gasteiger partial charge on any atom is -0.459 e. The Morgan fingerprint density at radius 2 is 1.88 bits per heavy atom. The van der Waals surface area contributed by atoms with Gasteiger partial charge < -0.3 is 10.1 Å². The summed E-state index contributed by atoms with van der Waals surface area (Å²) in [5, 5.41) is 3.41. The molecular formula is C13H22N2O2. The van der Waals surface area contributed by atoms with Crippen LogP contribution in [0.1, 0.15) is 38.5 Å². The summed E-state index contributed by atoms with van der Waals surface area (Å²) in [6.07, 6.45) is 6.21. The second-order valence-electron chi connectivity index (χ2n) is 5.67. The highest BCUT2D eigenvalue weighted by atomic mass is 16.6. The molecule has 3 fully saturated rings. The van der Waals surface area contributed by atoms with Crippen LogP contribution in [0.15, 0.2) is 0 Å². The monoisotopic (exact) mass is 238 g/mol. The van der Waals surface area contributed by atoms with Gasteiger partial charge in [0.2, 0.25) is 0 Å². The molecule has 4 heteroatoms. The van der Waals surface area contributed by atoms with E-state index in [4.69, 9.17) is 4.74 Å². The van der Waals surface area contributed by atoms with Crippen molar-refractivity contribution in [1.82, 2.24) is 10.2 Å². The minimum absolute atomic E-state index is 0.0142. The maximum Gasteiger partial charge on any atom is 0.306 e. The van der Waals surface area contributed by atoms with Gasteiger partial charge in [-0.05, 0) is 45.2 Å². The summed E-state index contributed by atoms with van der Waals surface area (Å²) in [6, 6.07) is 0.755. The van der Waals surface area contributed by atoms with Gasteiger partial charge >= 0.3 is 5.97 Å². The lowest BCUT2D eigenvalue weighted by molar-refractivity contribution is -0.152. The van der Waals surface area contributed by atoms with E-state index in [2.05, 4.69) is 10.2 Å². The molecule has 0 bridgehead atoms. The van der Waals surface area contributed by atoms with E-state index in [0.717, 1.165) is 51.5 Å². The van der Waals surface area contributed by atoms with E-state index >= 15 is 0 Å². The second-order valence-corrected chi connectivity index (χ2v) is 5.67. The molecule has 0 amide bonds. The first-order valence-electron chi connectivity index (χ1n) is 6.94. The van der Waals surface area contributed by atoms with Gasteiger partial charge in [-0.2, -0.15) is 0 Å². The van der Waals surface area contributed by atoms with Gasteiger partial charge in [-0.3, -0.25) is 9.69 Å². The highest BCUT2D eigenvalue weighted by Crippen LogP contribution is 2.37. The van der Waals surface area contributed by atoms with Crippen molar-refractivity contribution in [2.24, 2.45) is 0 Å². The molecule has 1 spiro atoms. The summed E-state index contributed by atoms with van der Waals surface area (Å²) in [5.41, 5.74) is -0.0828. The van der Waals surface area contributed by atoms with Crippen LogP contribution in [0.5, 0.6) is 0 Å². The lowest BCUT2D eigenvalue weighted by Gasteiger charge is -2.42. The van der Waals surface area contributed by atoms with E-state index in [9.17, 15) is 4.79 Å². The van der Waals surface area contributed by atoms with E-state index in [1.165, 1.54) is 12.8 Å². The average molecular weight is 238 g/mol. The molecule has 3 heterocycles. The predicted octanol–water partition coefficient (Wildman–Crippen LogP) is 0.910. The van der Waals surface area contributed by atoms with Crippen molar-refractivity contribution < 1.29 is 9.53 Å². The number of carbonyl (C=O) groups is 1. The molecule has 3 aliphatic rings. The molecule has 0 saturated carbocycles. The van der Waals surface area contributed by atoms with Crippen LogP contribution in [0.2, 0.25) is 0 Å². The van der Waals surface area contributed by atoms with Gasteiger partial charge in [-0.25, -0.2) is 0 Å². The number of ether oxygens (including phenoxy) is 1. The first kappa shape index (κ1) is 11.5. The summed E-state index contributed by atoms with van der Waals surface area (Å²) in [5.74, 6) is 0.0142. The van der Waals surface area contributed by atoms with Crippen molar-refractivity contribution in [2.75, 3.05) is 26.2 Å². The number of hydrogen-bond donors (Lipinski definition) is 1. The third-order valence-corrected chi connectivity index (χ3v) is 4.65. The molecule has 3 saturated heterocycles. The van der Waals surface area contributed by atoms with Crippen molar-refractivity contribution in [2.45, 2.75) is 50.2 Å². The first-order valence-corrected chi connectivity index (χ1v) is 6.94. The molecular weight excluding hydrogens is 216 g/mol. The maximum atomic E-state index is 11.3. The number of nitrogens with one attached hydrogen (secondary N) is 1. The summed E-state index contributed by atoms with van der Waals surface area (Å²) >= 11 is 0. The molecule has 0 unspecified atom stereocenters. The predicted molar refractivity (Wildman–Crippen MR) is 64.8 cm³/mol. The molecule has 0 radical (unpaired) electrons. The fourth-order valence-corrected chi connectivity index (χ4v) is 3.49. The van der Waals surface area contributed by atoms with Crippen LogP contribution in [0.3, 0.4) is 0 Å². The Kier molecular flexibility index (Phi) is 3.09. The zero-order chi connectivity index (χ0) is 11.7. The van der Waals surface area contributed by atoms with Gasteiger partial charge in [-0.1, -0.05) is 0 Å². The Balaban J connectivity index is 1.55. The smallest absolute Gasteiger partial charge is 0.306 e. The highest BCUT2D eigenvalue weighted by Gasteiger charge is 2.43. The topological polar surface area (TPSA) is 41.6 Å². The van der Waals surface area contributed by atoms with Crippen molar-refractivity contribution in [3.63, 3.8) is 0 Å². The third kappa shape index (κ3) is 2.33. The number of hydrogen-bond acceptors (Lipinski definition) is 4. The van der Waals surface area contributed by atoms with E-state index < -0.39 is 0 Å². The Bertz CT molecular complexity index is 292. The SMILES string of the molecule is O=C1CCC2(CCN(C3CCNCC3)CC2)O1. The van der Waals surface area contributed by atoms with Gasteiger partial charge in [0.25, 0.3) is 0 Å². The lowest BCUT2D eigenvalue weighted by Crippen LogP contribution is -2.50. The lowest BCUT2D eigenvalue weighted by atomic mass is 9.87. The largest absolute Gasteiger partial charge is 0.459 e. The highest BCUT2D eigenvalue weighted by molar-refractivity contribution is 5.72. The molecule has 96 valence electrons. The quantitative estimate of drug-likeness (QED) is 0.690. The van der Waals surface area contributed by atoms with Crippen LogP contribution in [0.25, 0.3) is 0 Å². The van der Waals surface area contributed by atoms with Crippen molar-refractivity contribution in [1.29, 1.82) is 0 Å². The molecule has 0 aromatic carbocycles. The molecule has 0 aromatic heterocycles. The summed E-state index contributed by atoms with van der Waals surface area (Å²) in [7, 11) is 0. The van der Waals surface area contributed by atoms with Crippen LogP contribution in [-0.2, 0) is 9.53 Å². The molecule has 3 aliphatic heterocycles. The fourth-order valence-electron chi connectivity index (χ4n) is 3.49. The first-order chi connectivity index (χ1) is 8.27. The Hall–Kier alpha value is -0.610. The van der Waals surface area contributed by atoms with Crippen LogP contribution in [0.4, 0.5) is 0 Å². The van der Waals surface area contributed by atoms with E-state index in [1.54, 1.807) is 0 Å². The number of likely N-dealkylation sites (tertiary alicyclic amines) is 1. The molecule has 1 N–H and O–H groups in total. The van der Waals surface area contributed by atoms with Gasteiger partial charge in [0.05, 0.1) is 0 Å². The number of piperidine rings is 2. The number of carbonyl (C=O) groups excluding carboxylic acids is 1. The third-order valence-electron chi connectivity index (χ3n) is 4.65. The van der Waals surface area contributed by atoms with E-state index in [1.807, 2.05) is 0 Å². The van der Waals surface area contributed by atoms with Crippen molar-refractivity contribution in [3.05, 3.63) is 0 Å². The zero-order valence-electron chi connectivity index (χ0n) is 10.4. The average Bonchev–Trinajstić information content (AvgIpc) is 2.73. The van der Waals surface area contributed by atoms with E-state index in [-0.39, 0.29) is 11.6 Å². The second kappa shape index (κ2) is 4.58. The van der Waals surface area contributed by atoms with Crippen LogP contribution >= 0.6 is 0 Å². The number of nitrogens with zero attached hydrogens (tertiary/aromatic N) is 1. The van der Waals surface area contributed by atoms with Crippen molar-refractivity contribution in [3.8, 4) is 0 Å². The molecule has 3 rings (SSSR count). The molecule has 0 aromatic rings. The maximum absolute atomic E-state index is 11.3. The van der Waals surface area contributed by atoms with E-state index in [0.29, 0.717) is 6.42 Å². The normalized spacial score (nSPS) is 30.7. The Morgan fingerprint density at radius 3 is 2.47 bits per heavy atom. The summed E-state index contributed by atoms with van der Waals surface area (Å²) < 4.78 is 5.55. The zero-order valence-corrected chi connectivity index (χ0v) is 10.4. The molecule has 0 aliphatic carbocycles. The Labute approximate surface area is 103 Å². The standard InChI is InChI=1S/C13H22N2O2/c16-12-1-4-13(17-12)5-9-15(10-6-13)11-2-7-14-8-3-11/h11,14H,1-10H2. The summed E-state index contributed by atoms with van der Waals surface area (Å²) in [6.45, 7) is 4.53. The Morgan fingerprint density at radius 1 is 1.18 bits per heavy atom. The number of esters is 1. The van der Waals surface area contributed by atoms with Crippen LogP contribution < -0.4 is 5.32 Å². The number of rotatable bonds is 1. The van der Waals surface area contributed by atoms with Crippen LogP contribution in [0, 0.1) is 0 Å². The van der Waals surface area contributed by atoms with Crippen molar-refractivity contribution >= 4 is 5.97 Å². The van der Waals surface area contributed by atoms with Gasteiger partial charge in [0.1, 0.15) is 5.60 Å².